The molecule has 96 valence electrons. The Morgan fingerprint density at radius 3 is 2.18 bits per heavy atom. The molecule has 0 fully saturated rings. The third kappa shape index (κ3) is 5.64. The number of hydrogen-bond donors (Lipinski definition) is 1. The van der Waals surface area contributed by atoms with E-state index in [4.69, 9.17) is 0 Å². The number of ether oxygens (including phenoxy) is 2. The summed E-state index contributed by atoms with van der Waals surface area (Å²) in [6.45, 7) is 3.48. The van der Waals surface area contributed by atoms with E-state index in [9.17, 15) is 19.6 Å². The van der Waals surface area contributed by atoms with E-state index >= 15 is 0 Å². The van der Waals surface area contributed by atoms with Crippen LogP contribution in [0.1, 0.15) is 26.7 Å². The monoisotopic (exact) mass is 245 g/mol. The second-order valence-corrected chi connectivity index (χ2v) is 2.91. The van der Waals surface area contributed by atoms with Gasteiger partial charge in [-0.2, -0.15) is 0 Å². The van der Waals surface area contributed by atoms with Gasteiger partial charge in [0, 0.05) is 6.42 Å². The molecule has 0 aliphatic heterocycles. The van der Waals surface area contributed by atoms with Gasteiger partial charge in [-0.05, 0) is 19.0 Å². The van der Waals surface area contributed by atoms with Crippen molar-refractivity contribution in [3.8, 4) is 0 Å². The summed E-state index contributed by atoms with van der Waals surface area (Å²) in [5, 5.41) is 11.8. The minimum atomic E-state index is -1.01. The fraction of sp³-hybridized carbons (Fsp3) is 0.600. The zero-order valence-corrected chi connectivity index (χ0v) is 9.76. The molecule has 0 radical (unpaired) electrons. The summed E-state index contributed by atoms with van der Waals surface area (Å²) in [6, 6.07) is 0. The van der Waals surface area contributed by atoms with Gasteiger partial charge in [0.1, 0.15) is 5.76 Å². The van der Waals surface area contributed by atoms with E-state index in [0.717, 1.165) is 0 Å². The Balaban J connectivity index is 4.48. The summed E-state index contributed by atoms with van der Waals surface area (Å²) in [5.41, 5.74) is -0.712. The Bertz CT molecular complexity index is 323. The average Bonchev–Trinajstić information content (AvgIpc) is 2.28. The highest BCUT2D eigenvalue weighted by Gasteiger charge is 2.18. The van der Waals surface area contributed by atoms with Crippen LogP contribution in [0.3, 0.4) is 0 Å². The van der Waals surface area contributed by atoms with Crippen molar-refractivity contribution in [2.75, 3.05) is 13.2 Å². The molecule has 0 aliphatic carbocycles. The molecular weight excluding hydrogens is 230 g/mol. The summed E-state index contributed by atoms with van der Waals surface area (Å²) in [7, 11) is 0. The molecule has 0 aliphatic rings. The largest absolute Gasteiger partial charge is 0.510 e. The number of nitroso groups, excluding NO2 is 1. The van der Waals surface area contributed by atoms with Crippen molar-refractivity contribution < 1.29 is 24.2 Å². The van der Waals surface area contributed by atoms with Crippen LogP contribution in [-0.2, 0) is 19.1 Å². The molecule has 0 aromatic rings. The third-order valence-corrected chi connectivity index (χ3v) is 1.70. The molecule has 0 amide bonds. The summed E-state index contributed by atoms with van der Waals surface area (Å²) in [6.07, 6.45) is -0.336. The second kappa shape index (κ2) is 8.26. The van der Waals surface area contributed by atoms with E-state index in [0.29, 0.717) is 0 Å². The lowest BCUT2D eigenvalue weighted by molar-refractivity contribution is -0.143. The minimum Gasteiger partial charge on any atom is -0.510 e. The van der Waals surface area contributed by atoms with Crippen LogP contribution in [0.4, 0.5) is 0 Å². The van der Waals surface area contributed by atoms with Gasteiger partial charge in [-0.3, -0.25) is 4.79 Å². The number of rotatable bonds is 7. The maximum Gasteiger partial charge on any atom is 0.364 e. The predicted octanol–water partition coefficient (Wildman–Crippen LogP) is 1.43. The first-order valence-corrected chi connectivity index (χ1v) is 5.14. The van der Waals surface area contributed by atoms with E-state index in [-0.39, 0.29) is 26.1 Å². The minimum absolute atomic E-state index is 0.0585. The molecular formula is C10H15NO6. The van der Waals surface area contributed by atoms with Gasteiger partial charge in [-0.25, -0.2) is 4.79 Å². The maximum atomic E-state index is 11.1. The van der Waals surface area contributed by atoms with Gasteiger partial charge >= 0.3 is 11.9 Å². The van der Waals surface area contributed by atoms with Crippen LogP contribution in [-0.4, -0.2) is 30.3 Å². The highest BCUT2D eigenvalue weighted by Crippen LogP contribution is 2.12. The van der Waals surface area contributed by atoms with Gasteiger partial charge in [-0.15, -0.1) is 4.91 Å². The number of aliphatic hydroxyl groups is 1. The zero-order chi connectivity index (χ0) is 13.3. The number of hydrogen-bond acceptors (Lipinski definition) is 7. The van der Waals surface area contributed by atoms with Crippen LogP contribution in [0.15, 0.2) is 16.6 Å². The Kier molecular flexibility index (Phi) is 7.32. The first-order valence-electron chi connectivity index (χ1n) is 5.14. The van der Waals surface area contributed by atoms with E-state index in [1.54, 1.807) is 13.8 Å². The number of aliphatic hydroxyl groups excluding tert-OH is 1. The normalized spacial score (nSPS) is 11.4. The zero-order valence-electron chi connectivity index (χ0n) is 9.76. The number of carbonyl (C=O) groups is 2. The van der Waals surface area contributed by atoms with Crippen LogP contribution in [0.25, 0.3) is 0 Å². The van der Waals surface area contributed by atoms with Crippen LogP contribution >= 0.6 is 0 Å². The lowest BCUT2D eigenvalue weighted by atomic mass is 10.2. The van der Waals surface area contributed by atoms with Crippen molar-refractivity contribution in [2.45, 2.75) is 26.7 Å². The predicted molar refractivity (Wildman–Crippen MR) is 57.9 cm³/mol. The van der Waals surface area contributed by atoms with Crippen LogP contribution < -0.4 is 0 Å². The number of esters is 2. The van der Waals surface area contributed by atoms with Crippen molar-refractivity contribution in [1.29, 1.82) is 0 Å². The van der Waals surface area contributed by atoms with Crippen molar-refractivity contribution in [2.24, 2.45) is 5.18 Å². The molecule has 0 spiro atoms. The fourth-order valence-corrected chi connectivity index (χ4v) is 0.979. The van der Waals surface area contributed by atoms with E-state index in [2.05, 4.69) is 14.7 Å². The highest BCUT2D eigenvalue weighted by molar-refractivity contribution is 5.88. The smallest absolute Gasteiger partial charge is 0.364 e. The number of carbonyl (C=O) groups excluding carboxylic acids is 2. The SMILES string of the molecule is CCOC(=O)CC/C(O)=C(\N=O)C(=O)OCC. The Hall–Kier alpha value is -1.92. The standard InChI is InChI=1S/C10H15NO6/c1-3-16-8(13)6-5-7(12)9(11-15)10(14)17-4-2/h12H,3-6H2,1-2H3/b9-7+. The van der Waals surface area contributed by atoms with Gasteiger partial charge in [0.05, 0.1) is 19.6 Å². The molecule has 7 nitrogen and oxygen atoms in total. The van der Waals surface area contributed by atoms with Gasteiger partial charge in [-0.1, -0.05) is 0 Å². The Morgan fingerprint density at radius 2 is 1.71 bits per heavy atom. The molecule has 0 saturated heterocycles. The van der Waals surface area contributed by atoms with Gasteiger partial charge < -0.3 is 14.6 Å². The molecule has 0 rings (SSSR count). The van der Waals surface area contributed by atoms with Gasteiger partial charge in [0.25, 0.3) is 0 Å². The Morgan fingerprint density at radius 1 is 1.12 bits per heavy atom. The van der Waals surface area contributed by atoms with Crippen LogP contribution in [0.2, 0.25) is 0 Å². The van der Waals surface area contributed by atoms with Crippen LogP contribution in [0.5, 0.6) is 0 Å². The lowest BCUT2D eigenvalue weighted by Crippen LogP contribution is -2.10. The molecule has 0 saturated carbocycles. The molecule has 0 unspecified atom stereocenters. The van der Waals surface area contributed by atoms with Crippen molar-refractivity contribution in [1.82, 2.24) is 0 Å². The quantitative estimate of drug-likeness (QED) is 0.315. The van der Waals surface area contributed by atoms with E-state index in [1.807, 2.05) is 0 Å². The number of allylic oxidation sites excluding steroid dienone is 1. The maximum absolute atomic E-state index is 11.1. The van der Waals surface area contributed by atoms with E-state index in [1.165, 1.54) is 0 Å². The molecule has 0 bridgehead atoms. The van der Waals surface area contributed by atoms with Gasteiger partial charge in [0.15, 0.2) is 0 Å². The van der Waals surface area contributed by atoms with Crippen molar-refractivity contribution >= 4 is 11.9 Å². The summed E-state index contributed by atoms with van der Waals surface area (Å²) >= 11 is 0. The molecule has 0 heterocycles. The van der Waals surface area contributed by atoms with E-state index < -0.39 is 23.4 Å². The van der Waals surface area contributed by atoms with Gasteiger partial charge in [0.2, 0.25) is 5.70 Å². The highest BCUT2D eigenvalue weighted by atomic mass is 16.5. The molecule has 0 aromatic carbocycles. The fourth-order valence-electron chi connectivity index (χ4n) is 0.979. The molecule has 0 atom stereocenters. The molecule has 7 heteroatoms. The summed E-state index contributed by atoms with van der Waals surface area (Å²) in [5.74, 6) is -2.12. The summed E-state index contributed by atoms with van der Waals surface area (Å²) < 4.78 is 9.12. The number of nitrogens with zero attached hydrogens (tertiary/aromatic N) is 1. The molecule has 1 N–H and O–H groups in total. The van der Waals surface area contributed by atoms with Crippen LogP contribution in [0, 0.1) is 4.91 Å². The first kappa shape index (κ1) is 15.1. The Labute approximate surface area is 98.4 Å². The first-order chi connectivity index (χ1) is 8.06. The average molecular weight is 245 g/mol. The van der Waals surface area contributed by atoms with Crippen molar-refractivity contribution in [3.05, 3.63) is 16.4 Å². The second-order valence-electron chi connectivity index (χ2n) is 2.91. The topological polar surface area (TPSA) is 102 Å². The molecule has 0 aromatic heterocycles. The van der Waals surface area contributed by atoms with Crippen molar-refractivity contribution in [3.63, 3.8) is 0 Å². The molecule has 17 heavy (non-hydrogen) atoms. The lowest BCUT2D eigenvalue weighted by Gasteiger charge is -2.04. The third-order valence-electron chi connectivity index (χ3n) is 1.70. The summed E-state index contributed by atoms with van der Waals surface area (Å²) in [4.78, 5) is 32.5.